The normalized spacial score (nSPS) is 28.1. The number of rotatable bonds is 12. The molecule has 2 fully saturated rings. The van der Waals surface area contributed by atoms with Gasteiger partial charge in [0, 0.05) is 26.7 Å². The summed E-state index contributed by atoms with van der Waals surface area (Å²) in [5.41, 5.74) is 0. The van der Waals surface area contributed by atoms with Crippen LogP contribution in [0.15, 0.2) is 12.2 Å². The SMILES string of the molecule is CC=CCCSC[C@@H]1[C@H](CCOCCCC(=O)N(C)O)[C@@H]2CC[C@H]1O2. The second kappa shape index (κ2) is 11.2. The molecule has 4 atom stereocenters. The third-order valence-electron chi connectivity index (χ3n) is 5.20. The van der Waals surface area contributed by atoms with Gasteiger partial charge in [-0.15, -0.1) is 0 Å². The Balaban J connectivity index is 1.61. The highest BCUT2D eigenvalue weighted by Gasteiger charge is 2.47. The first-order valence-electron chi connectivity index (χ1n) is 9.51. The molecule has 5 nitrogen and oxygen atoms in total. The van der Waals surface area contributed by atoms with Gasteiger partial charge in [-0.1, -0.05) is 12.2 Å². The lowest BCUT2D eigenvalue weighted by molar-refractivity contribution is -0.159. The number of hydroxylamine groups is 2. The molecule has 2 aliphatic rings. The Kier molecular flexibility index (Phi) is 9.31. The molecule has 0 saturated carbocycles. The minimum Gasteiger partial charge on any atom is -0.381 e. The second-order valence-electron chi connectivity index (χ2n) is 6.97. The van der Waals surface area contributed by atoms with Crippen molar-refractivity contribution in [2.75, 3.05) is 31.8 Å². The van der Waals surface area contributed by atoms with Gasteiger partial charge < -0.3 is 9.47 Å². The number of nitrogens with zero attached hydrogens (tertiary/aromatic N) is 1. The molecule has 1 amide bonds. The van der Waals surface area contributed by atoms with E-state index in [0.29, 0.717) is 48.6 Å². The van der Waals surface area contributed by atoms with E-state index < -0.39 is 0 Å². The number of thioether (sulfide) groups is 1. The molecule has 2 aliphatic heterocycles. The number of carbonyl (C=O) groups is 1. The number of hydrogen-bond acceptors (Lipinski definition) is 5. The summed E-state index contributed by atoms with van der Waals surface area (Å²) in [4.78, 5) is 11.3. The van der Waals surface area contributed by atoms with Gasteiger partial charge in [-0.2, -0.15) is 11.8 Å². The molecule has 2 rings (SSSR count). The predicted octanol–water partition coefficient (Wildman–Crippen LogP) is 3.51. The smallest absolute Gasteiger partial charge is 0.245 e. The largest absolute Gasteiger partial charge is 0.381 e. The monoisotopic (exact) mass is 371 g/mol. The molecule has 144 valence electrons. The molecule has 25 heavy (non-hydrogen) atoms. The van der Waals surface area contributed by atoms with Crippen LogP contribution in [0, 0.1) is 11.8 Å². The van der Waals surface area contributed by atoms with Crippen LogP contribution in [-0.2, 0) is 14.3 Å². The predicted molar refractivity (Wildman–Crippen MR) is 101 cm³/mol. The van der Waals surface area contributed by atoms with Crippen LogP contribution in [0.25, 0.3) is 0 Å². The van der Waals surface area contributed by atoms with Crippen LogP contribution < -0.4 is 0 Å². The molecule has 1 N–H and O–H groups in total. The van der Waals surface area contributed by atoms with E-state index in [0.717, 1.165) is 19.4 Å². The van der Waals surface area contributed by atoms with Crippen LogP contribution in [0.2, 0.25) is 0 Å². The topological polar surface area (TPSA) is 59.0 Å². The van der Waals surface area contributed by atoms with Gasteiger partial charge in [0.2, 0.25) is 5.91 Å². The van der Waals surface area contributed by atoms with E-state index in [1.807, 2.05) is 11.8 Å². The number of fused-ring (bicyclic) bond motifs is 2. The first-order chi connectivity index (χ1) is 12.1. The van der Waals surface area contributed by atoms with Crippen molar-refractivity contribution in [3.63, 3.8) is 0 Å². The zero-order chi connectivity index (χ0) is 18.1. The summed E-state index contributed by atoms with van der Waals surface area (Å²) in [5.74, 6) is 3.41. The molecule has 0 unspecified atom stereocenters. The summed E-state index contributed by atoms with van der Waals surface area (Å²) in [6.07, 6.45) is 10.8. The highest BCUT2D eigenvalue weighted by Crippen LogP contribution is 2.46. The van der Waals surface area contributed by atoms with Crippen molar-refractivity contribution in [1.29, 1.82) is 0 Å². The zero-order valence-corrected chi connectivity index (χ0v) is 16.4. The fourth-order valence-electron chi connectivity index (χ4n) is 3.85. The van der Waals surface area contributed by atoms with Crippen LogP contribution in [0.1, 0.15) is 45.4 Å². The van der Waals surface area contributed by atoms with Crippen LogP contribution in [-0.4, -0.2) is 60.2 Å². The Morgan fingerprint density at radius 2 is 2.08 bits per heavy atom. The van der Waals surface area contributed by atoms with Gasteiger partial charge in [0.1, 0.15) is 0 Å². The van der Waals surface area contributed by atoms with E-state index in [-0.39, 0.29) is 5.91 Å². The molecule has 2 bridgehead atoms. The molecule has 6 heteroatoms. The van der Waals surface area contributed by atoms with E-state index >= 15 is 0 Å². The minimum atomic E-state index is -0.264. The summed E-state index contributed by atoms with van der Waals surface area (Å²) in [7, 11) is 1.36. The Morgan fingerprint density at radius 3 is 2.80 bits per heavy atom. The maximum absolute atomic E-state index is 11.3. The molecular weight excluding hydrogens is 338 g/mol. The summed E-state index contributed by atoms with van der Waals surface area (Å²) in [6.45, 7) is 3.38. The Bertz CT molecular complexity index is 430. The molecule has 0 aromatic heterocycles. The maximum Gasteiger partial charge on any atom is 0.245 e. The van der Waals surface area contributed by atoms with Crippen LogP contribution in [0.3, 0.4) is 0 Å². The molecule has 0 aromatic carbocycles. The van der Waals surface area contributed by atoms with E-state index in [2.05, 4.69) is 19.1 Å². The fraction of sp³-hybridized carbons (Fsp3) is 0.842. The van der Waals surface area contributed by atoms with E-state index in [1.54, 1.807) is 0 Å². The third-order valence-corrected chi connectivity index (χ3v) is 6.35. The van der Waals surface area contributed by atoms with Gasteiger partial charge >= 0.3 is 0 Å². The van der Waals surface area contributed by atoms with Crippen molar-refractivity contribution >= 4 is 17.7 Å². The Hall–Kier alpha value is -0.560. The lowest BCUT2D eigenvalue weighted by atomic mass is 9.79. The molecule has 0 aliphatic carbocycles. The fourth-order valence-corrected chi connectivity index (χ4v) is 5.05. The second-order valence-corrected chi connectivity index (χ2v) is 8.12. The molecule has 2 saturated heterocycles. The third kappa shape index (κ3) is 6.59. The van der Waals surface area contributed by atoms with Crippen LogP contribution >= 0.6 is 11.8 Å². The maximum atomic E-state index is 11.3. The van der Waals surface area contributed by atoms with Crippen molar-refractivity contribution < 1.29 is 19.5 Å². The molecule has 0 radical (unpaired) electrons. The summed E-state index contributed by atoms with van der Waals surface area (Å²) in [5, 5.41) is 9.64. The number of amides is 1. The van der Waals surface area contributed by atoms with E-state index in [9.17, 15) is 4.79 Å². The number of ether oxygens (including phenoxy) is 2. The summed E-state index contributed by atoms with van der Waals surface area (Å²) < 4.78 is 11.9. The quantitative estimate of drug-likeness (QED) is 0.246. The van der Waals surface area contributed by atoms with Gasteiger partial charge in [-0.3, -0.25) is 10.0 Å². The van der Waals surface area contributed by atoms with Crippen molar-refractivity contribution in [1.82, 2.24) is 5.06 Å². The molecule has 2 heterocycles. The van der Waals surface area contributed by atoms with Gasteiger partial charge in [0.15, 0.2) is 0 Å². The summed E-state index contributed by atoms with van der Waals surface area (Å²) in [6, 6.07) is 0. The lowest BCUT2D eigenvalue weighted by Gasteiger charge is -2.27. The standard InChI is InChI=1S/C19H33NO4S/c1-3-4-5-13-25-14-16-15(17-8-9-18(16)24-17)10-12-23-11-6-7-19(21)20(2)22/h3-4,15-18,22H,5-14H2,1-2H3/t15-,16+,17-,18+/m0/s1. The highest BCUT2D eigenvalue weighted by atomic mass is 32.2. The average Bonchev–Trinajstić information content (AvgIpc) is 3.19. The van der Waals surface area contributed by atoms with E-state index in [1.165, 1.54) is 31.4 Å². The van der Waals surface area contributed by atoms with Crippen molar-refractivity contribution in [2.45, 2.75) is 57.7 Å². The average molecular weight is 372 g/mol. The Labute approximate surface area is 156 Å². The lowest BCUT2D eigenvalue weighted by Crippen LogP contribution is -2.30. The van der Waals surface area contributed by atoms with Crippen molar-refractivity contribution in [2.24, 2.45) is 11.8 Å². The van der Waals surface area contributed by atoms with Gasteiger partial charge in [-0.05, 0) is 62.4 Å². The zero-order valence-electron chi connectivity index (χ0n) is 15.6. The van der Waals surface area contributed by atoms with E-state index in [4.69, 9.17) is 14.7 Å². The number of hydrogen-bond donors (Lipinski definition) is 1. The molecule has 0 spiro atoms. The number of carbonyl (C=O) groups excluding carboxylic acids is 1. The molecule has 0 aromatic rings. The first kappa shape index (κ1) is 20.7. The first-order valence-corrected chi connectivity index (χ1v) is 10.7. The number of allylic oxidation sites excluding steroid dienone is 2. The van der Waals surface area contributed by atoms with Gasteiger partial charge in [0.25, 0.3) is 0 Å². The van der Waals surface area contributed by atoms with Crippen LogP contribution in [0.4, 0.5) is 0 Å². The minimum absolute atomic E-state index is 0.264. The van der Waals surface area contributed by atoms with Crippen LogP contribution in [0.5, 0.6) is 0 Å². The molecular formula is C19H33NO4S. The van der Waals surface area contributed by atoms with Crippen molar-refractivity contribution in [3.05, 3.63) is 12.2 Å². The van der Waals surface area contributed by atoms with Crippen molar-refractivity contribution in [3.8, 4) is 0 Å². The van der Waals surface area contributed by atoms with Gasteiger partial charge in [0.05, 0.1) is 12.2 Å². The van der Waals surface area contributed by atoms with Gasteiger partial charge in [-0.25, -0.2) is 5.06 Å². The highest BCUT2D eigenvalue weighted by molar-refractivity contribution is 7.99. The Morgan fingerprint density at radius 1 is 1.32 bits per heavy atom. The summed E-state index contributed by atoms with van der Waals surface area (Å²) >= 11 is 2.05.